The number of rotatable bonds is 4. The van der Waals surface area contributed by atoms with Gasteiger partial charge in [-0.15, -0.1) is 6.58 Å². The van der Waals surface area contributed by atoms with Gasteiger partial charge in [0.25, 0.3) is 8.05 Å². The molecule has 1 saturated heterocycles. The Labute approximate surface area is 84.7 Å². The summed E-state index contributed by atoms with van der Waals surface area (Å²) in [7, 11) is 1.47. The van der Waals surface area contributed by atoms with Crippen LogP contribution in [0.25, 0.3) is 0 Å². The third-order valence-corrected chi connectivity index (χ3v) is 1.97. The lowest BCUT2D eigenvalue weighted by Crippen LogP contribution is -2.33. The number of carbonyl (C=O) groups excluding carboxylic acids is 1. The Morgan fingerprint density at radius 2 is 2.29 bits per heavy atom. The highest BCUT2D eigenvalue weighted by molar-refractivity contribution is 6.00. The van der Waals surface area contributed by atoms with E-state index in [0.29, 0.717) is 0 Å². The van der Waals surface area contributed by atoms with Crippen LogP contribution in [0, 0.1) is 0 Å². The van der Waals surface area contributed by atoms with E-state index in [0.717, 1.165) is 0 Å². The molecule has 0 spiro atoms. The van der Waals surface area contributed by atoms with Crippen molar-refractivity contribution >= 4 is 13.8 Å². The lowest BCUT2D eigenvalue weighted by molar-refractivity contribution is -0.154. The Morgan fingerprint density at radius 1 is 1.64 bits per heavy atom. The van der Waals surface area contributed by atoms with Crippen molar-refractivity contribution in [3.63, 3.8) is 0 Å². The van der Waals surface area contributed by atoms with Gasteiger partial charge in [0.1, 0.15) is 6.10 Å². The fourth-order valence-electron chi connectivity index (χ4n) is 1.44. The molecule has 0 aliphatic carbocycles. The molecule has 0 N–H and O–H groups in total. The molecule has 78 valence electrons. The number of carbonyl (C=O) groups is 1. The van der Waals surface area contributed by atoms with Gasteiger partial charge in [-0.25, -0.2) is 0 Å². The van der Waals surface area contributed by atoms with Crippen LogP contribution >= 0.6 is 0 Å². The van der Waals surface area contributed by atoms with E-state index in [2.05, 4.69) is 6.58 Å². The van der Waals surface area contributed by atoms with Crippen molar-refractivity contribution in [2.45, 2.75) is 31.8 Å². The molecule has 2 atom stereocenters. The number of hydrogen-bond donors (Lipinski definition) is 0. The second kappa shape index (κ2) is 4.25. The van der Waals surface area contributed by atoms with Gasteiger partial charge in [-0.05, 0) is 13.8 Å². The van der Waals surface area contributed by atoms with E-state index >= 15 is 0 Å². The van der Waals surface area contributed by atoms with Gasteiger partial charge in [0.2, 0.25) is 0 Å². The topological polar surface area (TPSA) is 44.8 Å². The average Bonchev–Trinajstić information content (AvgIpc) is 2.41. The number of ether oxygens (including phenoxy) is 2. The van der Waals surface area contributed by atoms with E-state index in [1.807, 2.05) is 0 Å². The number of hydrogen-bond acceptors (Lipinski definition) is 4. The first-order valence-electron chi connectivity index (χ1n) is 4.50. The van der Waals surface area contributed by atoms with Crippen LogP contribution < -0.4 is 0 Å². The maximum atomic E-state index is 11.5. The summed E-state index contributed by atoms with van der Waals surface area (Å²) in [6, 6.07) is 0. The Hall–Kier alpha value is -0.645. The molecule has 0 radical (unpaired) electrons. The summed E-state index contributed by atoms with van der Waals surface area (Å²) in [5.74, 6) is -0.851. The quantitative estimate of drug-likeness (QED) is 0.464. The minimum Gasteiger partial charge on any atom is -0.437 e. The minimum atomic E-state index is -0.729. The van der Waals surface area contributed by atoms with Crippen LogP contribution in [0.3, 0.4) is 0 Å². The highest BCUT2D eigenvalue weighted by atomic mass is 16.8. The normalized spacial score (nSPS) is 30.1. The Balaban J connectivity index is 2.68. The minimum absolute atomic E-state index is 0.0362. The maximum absolute atomic E-state index is 11.5. The highest BCUT2D eigenvalue weighted by Gasteiger charge is 2.43. The molecule has 1 aliphatic rings. The summed E-state index contributed by atoms with van der Waals surface area (Å²) in [6.45, 7) is 7.17. The van der Waals surface area contributed by atoms with E-state index in [-0.39, 0.29) is 18.5 Å². The van der Waals surface area contributed by atoms with E-state index in [4.69, 9.17) is 14.1 Å². The zero-order valence-corrected chi connectivity index (χ0v) is 8.78. The van der Waals surface area contributed by atoms with Crippen LogP contribution in [0.2, 0.25) is 0 Å². The van der Waals surface area contributed by atoms with Crippen LogP contribution in [0.4, 0.5) is 0 Å². The molecule has 0 aromatic rings. The van der Waals surface area contributed by atoms with Crippen LogP contribution in [-0.2, 0) is 18.9 Å². The van der Waals surface area contributed by atoms with Crippen molar-refractivity contribution in [3.8, 4) is 0 Å². The zero-order chi connectivity index (χ0) is 10.8. The van der Waals surface area contributed by atoms with E-state index in [9.17, 15) is 4.79 Å². The predicted molar refractivity (Wildman–Crippen MR) is 53.5 cm³/mol. The van der Waals surface area contributed by atoms with Gasteiger partial charge in [0.05, 0.1) is 6.61 Å². The largest absolute Gasteiger partial charge is 0.437 e. The molecule has 1 rings (SSSR count). The molecule has 1 fully saturated rings. The maximum Gasteiger partial charge on any atom is 0.257 e. The van der Waals surface area contributed by atoms with Crippen molar-refractivity contribution in [1.29, 1.82) is 0 Å². The summed E-state index contributed by atoms with van der Waals surface area (Å²) < 4.78 is 15.7. The second-order valence-corrected chi connectivity index (χ2v) is 3.66. The van der Waals surface area contributed by atoms with Crippen molar-refractivity contribution in [3.05, 3.63) is 12.7 Å². The Bertz CT molecular complexity index is 239. The molecule has 0 saturated carbocycles. The number of ketones is 1. The van der Waals surface area contributed by atoms with E-state index in [1.54, 1.807) is 19.9 Å². The van der Waals surface area contributed by atoms with Crippen LogP contribution in [0.1, 0.15) is 13.8 Å². The third kappa shape index (κ3) is 2.44. The molecule has 0 unspecified atom stereocenters. The van der Waals surface area contributed by atoms with Crippen LogP contribution in [0.15, 0.2) is 12.7 Å². The highest BCUT2D eigenvalue weighted by Crippen LogP contribution is 2.29. The first-order valence-corrected chi connectivity index (χ1v) is 4.50. The molecule has 1 heterocycles. The predicted octanol–water partition coefficient (Wildman–Crippen LogP) is -0.174. The number of Topliss-reactive ketones (excluding diaryl/α,β-unsaturated/α-hetero) is 1. The summed E-state index contributed by atoms with van der Waals surface area (Å²) in [4.78, 5) is 11.5. The van der Waals surface area contributed by atoms with Crippen molar-refractivity contribution in [2.75, 3.05) is 6.61 Å². The smallest absolute Gasteiger partial charge is 0.257 e. The molecule has 1 aliphatic heterocycles. The molecule has 14 heavy (non-hydrogen) atoms. The average molecular weight is 198 g/mol. The molecule has 0 amide bonds. The summed E-state index contributed by atoms with van der Waals surface area (Å²) in [5, 5.41) is 0. The Kier molecular flexibility index (Phi) is 3.47. The lowest BCUT2D eigenvalue weighted by atomic mass is 10.1. The summed E-state index contributed by atoms with van der Waals surface area (Å²) >= 11 is 0. The fourth-order valence-corrected chi connectivity index (χ4v) is 1.44. The van der Waals surface area contributed by atoms with Crippen LogP contribution in [-0.4, -0.2) is 38.4 Å². The first kappa shape index (κ1) is 11.4. The van der Waals surface area contributed by atoms with Gasteiger partial charge in [-0.2, -0.15) is 0 Å². The molecule has 5 heteroatoms. The third-order valence-electron chi connectivity index (χ3n) is 1.97. The van der Waals surface area contributed by atoms with E-state index < -0.39 is 11.9 Å². The summed E-state index contributed by atoms with van der Waals surface area (Å²) in [6.07, 6.45) is 0.600. The van der Waals surface area contributed by atoms with Gasteiger partial charge in [-0.1, -0.05) is 6.08 Å². The molecular formula is C9H15BO4. The van der Waals surface area contributed by atoms with Crippen LogP contribution in [0.5, 0.6) is 0 Å². The van der Waals surface area contributed by atoms with Crippen molar-refractivity contribution in [2.24, 2.45) is 0 Å². The van der Waals surface area contributed by atoms with Gasteiger partial charge >= 0.3 is 0 Å². The van der Waals surface area contributed by atoms with Gasteiger partial charge < -0.3 is 14.1 Å². The van der Waals surface area contributed by atoms with Gasteiger partial charge in [-0.3, -0.25) is 4.79 Å². The zero-order valence-electron chi connectivity index (χ0n) is 8.78. The monoisotopic (exact) mass is 198 g/mol. The molecule has 4 nitrogen and oxygen atoms in total. The fraction of sp³-hybridized carbons (Fsp3) is 0.667. The van der Waals surface area contributed by atoms with Gasteiger partial charge in [0, 0.05) is 0 Å². The van der Waals surface area contributed by atoms with E-state index in [1.165, 1.54) is 8.05 Å². The van der Waals surface area contributed by atoms with Crippen molar-refractivity contribution < 1.29 is 18.9 Å². The second-order valence-electron chi connectivity index (χ2n) is 3.66. The summed E-state index contributed by atoms with van der Waals surface area (Å²) in [5.41, 5.74) is 0. The Morgan fingerprint density at radius 3 is 2.79 bits per heavy atom. The lowest BCUT2D eigenvalue weighted by Gasteiger charge is -2.16. The molecule has 0 aromatic heterocycles. The standard InChI is InChI=1S/C9H15BO4/c1-4-7-8(6(11)5-12-10)14-9(2,3)13-7/h4,7-8H,1,5,10H2,2-3H3/t7-,8+/m0/s1. The molecule has 0 bridgehead atoms. The molecule has 0 aromatic carbocycles. The SMILES string of the molecule is BOCC(=O)[C@H]1OC(C)(C)O[C@H]1C=C. The molecular weight excluding hydrogens is 183 g/mol. The van der Waals surface area contributed by atoms with Crippen molar-refractivity contribution in [1.82, 2.24) is 0 Å². The first-order chi connectivity index (χ1) is 6.50. The van der Waals surface area contributed by atoms with Gasteiger partial charge in [0.15, 0.2) is 17.7 Å².